The van der Waals surface area contributed by atoms with E-state index in [1.54, 1.807) is 0 Å². The van der Waals surface area contributed by atoms with E-state index in [-0.39, 0.29) is 6.61 Å². The quantitative estimate of drug-likeness (QED) is 0.770. The van der Waals surface area contributed by atoms with Crippen molar-refractivity contribution < 1.29 is 5.11 Å². The summed E-state index contributed by atoms with van der Waals surface area (Å²) in [4.78, 5) is 0. The van der Waals surface area contributed by atoms with Gasteiger partial charge < -0.3 is 5.11 Å². The zero-order valence-corrected chi connectivity index (χ0v) is 8.84. The van der Waals surface area contributed by atoms with Gasteiger partial charge in [-0.1, -0.05) is 12.1 Å². The van der Waals surface area contributed by atoms with Crippen LogP contribution in [0.1, 0.15) is 16.7 Å². The fourth-order valence-corrected chi connectivity index (χ4v) is 1.80. The Morgan fingerprint density at radius 3 is 2.27 bits per heavy atom. The first-order valence-corrected chi connectivity index (χ1v) is 4.60. The predicted molar refractivity (Wildman–Crippen MR) is 54.6 cm³/mol. The molecule has 11 heavy (non-hydrogen) atoms. The Hall–Kier alpha value is -0.0900. The summed E-state index contributed by atoms with van der Waals surface area (Å²) in [7, 11) is 0. The Labute approximate surface area is 80.6 Å². The Morgan fingerprint density at radius 1 is 1.27 bits per heavy atom. The van der Waals surface area contributed by atoms with Crippen molar-refractivity contribution in [3.8, 4) is 0 Å². The molecule has 0 aliphatic heterocycles. The number of halogens is 1. The van der Waals surface area contributed by atoms with Crippen LogP contribution >= 0.6 is 22.6 Å². The standard InChI is InChI=1S/C9H11IO/c1-6-3-4-7(2)9(10)8(6)5-11/h3-4,11H,5H2,1-2H3. The van der Waals surface area contributed by atoms with Crippen LogP contribution in [-0.2, 0) is 6.61 Å². The summed E-state index contributed by atoms with van der Waals surface area (Å²) in [6.45, 7) is 4.22. The molecule has 1 nitrogen and oxygen atoms in total. The second-order valence-electron chi connectivity index (χ2n) is 2.65. The summed E-state index contributed by atoms with van der Waals surface area (Å²) in [5.74, 6) is 0. The van der Waals surface area contributed by atoms with E-state index in [2.05, 4.69) is 35.6 Å². The number of rotatable bonds is 1. The van der Waals surface area contributed by atoms with Gasteiger partial charge in [-0.25, -0.2) is 0 Å². The minimum atomic E-state index is 0.145. The lowest BCUT2D eigenvalue weighted by molar-refractivity contribution is 0.280. The summed E-state index contributed by atoms with van der Waals surface area (Å²) in [6, 6.07) is 4.12. The lowest BCUT2D eigenvalue weighted by Crippen LogP contribution is -1.94. The van der Waals surface area contributed by atoms with Crippen molar-refractivity contribution in [1.82, 2.24) is 0 Å². The van der Waals surface area contributed by atoms with Crippen LogP contribution in [0.4, 0.5) is 0 Å². The molecule has 0 aliphatic rings. The van der Waals surface area contributed by atoms with E-state index in [1.807, 2.05) is 13.0 Å². The summed E-state index contributed by atoms with van der Waals surface area (Å²) in [6.07, 6.45) is 0. The number of aliphatic hydroxyl groups excluding tert-OH is 1. The molecule has 0 unspecified atom stereocenters. The first kappa shape index (κ1) is 9.00. The van der Waals surface area contributed by atoms with Gasteiger partial charge in [0.2, 0.25) is 0 Å². The average molecular weight is 262 g/mol. The summed E-state index contributed by atoms with van der Waals surface area (Å²) < 4.78 is 1.19. The van der Waals surface area contributed by atoms with Gasteiger partial charge in [-0.3, -0.25) is 0 Å². The van der Waals surface area contributed by atoms with Crippen molar-refractivity contribution in [3.05, 3.63) is 32.4 Å². The highest BCUT2D eigenvalue weighted by atomic mass is 127. The van der Waals surface area contributed by atoms with Gasteiger partial charge in [0.05, 0.1) is 6.61 Å². The van der Waals surface area contributed by atoms with Crippen molar-refractivity contribution in [1.29, 1.82) is 0 Å². The minimum Gasteiger partial charge on any atom is -0.392 e. The van der Waals surface area contributed by atoms with Gasteiger partial charge in [-0.15, -0.1) is 0 Å². The Kier molecular flexibility index (Phi) is 2.90. The predicted octanol–water partition coefficient (Wildman–Crippen LogP) is 2.40. The van der Waals surface area contributed by atoms with Crippen LogP contribution in [0.2, 0.25) is 0 Å². The van der Waals surface area contributed by atoms with E-state index in [9.17, 15) is 0 Å². The summed E-state index contributed by atoms with van der Waals surface area (Å²) >= 11 is 2.27. The largest absolute Gasteiger partial charge is 0.392 e. The van der Waals surface area contributed by atoms with Crippen LogP contribution in [0.5, 0.6) is 0 Å². The molecule has 0 spiro atoms. The molecule has 0 saturated carbocycles. The van der Waals surface area contributed by atoms with Gasteiger partial charge in [-0.2, -0.15) is 0 Å². The maximum Gasteiger partial charge on any atom is 0.0694 e. The van der Waals surface area contributed by atoms with Crippen LogP contribution < -0.4 is 0 Å². The molecule has 0 atom stereocenters. The van der Waals surface area contributed by atoms with Crippen molar-refractivity contribution in [3.63, 3.8) is 0 Å². The summed E-state index contributed by atoms with van der Waals surface area (Å²) in [5.41, 5.74) is 3.47. The van der Waals surface area contributed by atoms with E-state index in [4.69, 9.17) is 5.11 Å². The summed E-state index contributed by atoms with van der Waals surface area (Å²) in [5, 5.41) is 9.02. The van der Waals surface area contributed by atoms with Gasteiger partial charge in [0, 0.05) is 3.57 Å². The average Bonchev–Trinajstić information content (AvgIpc) is 1.99. The maximum absolute atomic E-state index is 9.02. The zero-order chi connectivity index (χ0) is 8.43. The number of hydrogen-bond donors (Lipinski definition) is 1. The monoisotopic (exact) mass is 262 g/mol. The molecule has 0 bridgehead atoms. The number of aliphatic hydroxyl groups is 1. The molecule has 60 valence electrons. The van der Waals surface area contributed by atoms with Gasteiger partial charge in [0.1, 0.15) is 0 Å². The third kappa shape index (κ3) is 1.73. The second kappa shape index (κ2) is 3.54. The molecular weight excluding hydrogens is 251 g/mol. The molecule has 1 aromatic rings. The third-order valence-electron chi connectivity index (χ3n) is 1.83. The van der Waals surface area contributed by atoms with E-state index in [1.165, 1.54) is 14.7 Å². The van der Waals surface area contributed by atoms with Crippen molar-refractivity contribution in [2.45, 2.75) is 20.5 Å². The Balaban J connectivity index is 3.29. The van der Waals surface area contributed by atoms with Crippen molar-refractivity contribution in [2.24, 2.45) is 0 Å². The fourth-order valence-electron chi connectivity index (χ4n) is 1.03. The van der Waals surface area contributed by atoms with E-state index >= 15 is 0 Å². The van der Waals surface area contributed by atoms with E-state index in [0.717, 1.165) is 5.56 Å². The van der Waals surface area contributed by atoms with Crippen molar-refractivity contribution in [2.75, 3.05) is 0 Å². The minimum absolute atomic E-state index is 0.145. The zero-order valence-electron chi connectivity index (χ0n) is 6.69. The number of hydrogen-bond acceptors (Lipinski definition) is 1. The Morgan fingerprint density at radius 2 is 1.82 bits per heavy atom. The van der Waals surface area contributed by atoms with Crippen molar-refractivity contribution >= 4 is 22.6 Å². The molecule has 0 amide bonds. The van der Waals surface area contributed by atoms with Crippen LogP contribution in [-0.4, -0.2) is 5.11 Å². The first-order valence-electron chi connectivity index (χ1n) is 3.52. The fraction of sp³-hybridized carbons (Fsp3) is 0.333. The van der Waals surface area contributed by atoms with E-state index in [0.29, 0.717) is 0 Å². The van der Waals surface area contributed by atoms with Crippen LogP contribution in [0.25, 0.3) is 0 Å². The van der Waals surface area contributed by atoms with Gasteiger partial charge in [0.15, 0.2) is 0 Å². The molecule has 0 radical (unpaired) electrons. The van der Waals surface area contributed by atoms with Gasteiger partial charge in [-0.05, 0) is 53.1 Å². The topological polar surface area (TPSA) is 20.2 Å². The second-order valence-corrected chi connectivity index (χ2v) is 3.73. The van der Waals surface area contributed by atoms with E-state index < -0.39 is 0 Å². The molecule has 1 rings (SSSR count). The van der Waals surface area contributed by atoms with Crippen LogP contribution in [0.3, 0.4) is 0 Å². The number of aryl methyl sites for hydroxylation is 2. The highest BCUT2D eigenvalue weighted by Gasteiger charge is 2.03. The molecule has 0 heterocycles. The van der Waals surface area contributed by atoms with Gasteiger partial charge >= 0.3 is 0 Å². The lowest BCUT2D eigenvalue weighted by Gasteiger charge is -2.07. The molecule has 0 aromatic heterocycles. The first-order chi connectivity index (χ1) is 5.16. The molecule has 1 N–H and O–H groups in total. The van der Waals surface area contributed by atoms with Crippen LogP contribution in [0.15, 0.2) is 12.1 Å². The highest BCUT2D eigenvalue weighted by molar-refractivity contribution is 14.1. The lowest BCUT2D eigenvalue weighted by atomic mass is 10.1. The van der Waals surface area contributed by atoms with Gasteiger partial charge in [0.25, 0.3) is 0 Å². The molecule has 1 aromatic carbocycles. The Bertz CT molecular complexity index is 269. The molecule has 0 saturated heterocycles. The normalized spacial score (nSPS) is 10.2. The third-order valence-corrected chi connectivity index (χ3v) is 3.33. The molecular formula is C9H11IO. The SMILES string of the molecule is Cc1ccc(C)c(CO)c1I. The molecule has 0 aliphatic carbocycles. The molecule has 0 fully saturated rings. The molecule has 2 heteroatoms. The highest BCUT2D eigenvalue weighted by Crippen LogP contribution is 2.20. The maximum atomic E-state index is 9.02. The number of benzene rings is 1. The smallest absolute Gasteiger partial charge is 0.0694 e. The van der Waals surface area contributed by atoms with Crippen LogP contribution in [0, 0.1) is 17.4 Å².